The Bertz CT molecular complexity index is 1540. The average molecular weight is 553 g/mol. The van der Waals surface area contributed by atoms with E-state index < -0.39 is 5.97 Å². The molecule has 41 heavy (non-hydrogen) atoms. The second-order valence-corrected chi connectivity index (χ2v) is 10.1. The van der Waals surface area contributed by atoms with Crippen molar-refractivity contribution in [3.05, 3.63) is 102 Å². The minimum Gasteiger partial charge on any atom is -0.491 e. The Morgan fingerprint density at radius 2 is 1.07 bits per heavy atom. The molecule has 0 bridgehead atoms. The van der Waals surface area contributed by atoms with Crippen LogP contribution in [0.4, 0.5) is 0 Å². The van der Waals surface area contributed by atoms with Crippen LogP contribution in [0.2, 0.25) is 0 Å². The third-order valence-corrected chi connectivity index (χ3v) is 7.08. The lowest BCUT2D eigenvalue weighted by molar-refractivity contribution is 0.0734. The fourth-order valence-corrected chi connectivity index (χ4v) is 4.67. The molecule has 8 heteroatoms. The van der Waals surface area contributed by atoms with Gasteiger partial charge in [0.25, 0.3) is 0 Å². The molecule has 0 spiro atoms. The van der Waals surface area contributed by atoms with Crippen molar-refractivity contribution in [2.75, 3.05) is 33.2 Å². The number of rotatable bonds is 12. The molecule has 2 saturated heterocycles. The molecule has 3 aliphatic rings. The van der Waals surface area contributed by atoms with Gasteiger partial charge < -0.3 is 33.2 Å². The van der Waals surface area contributed by atoms with Gasteiger partial charge in [0.1, 0.15) is 54.2 Å². The summed E-state index contributed by atoms with van der Waals surface area (Å²) in [7, 11) is 0. The molecule has 0 radical (unpaired) electrons. The Balaban J connectivity index is 0.919. The molecule has 0 aromatic heterocycles. The molecule has 2 atom stereocenters. The number of benzene rings is 4. The van der Waals surface area contributed by atoms with E-state index in [1.165, 1.54) is 0 Å². The molecule has 4 aromatic carbocycles. The molecule has 2 heterocycles. The summed E-state index contributed by atoms with van der Waals surface area (Å²) in [6.45, 7) is 2.69. The molecule has 7 rings (SSSR count). The maximum atomic E-state index is 12.7. The van der Waals surface area contributed by atoms with Crippen LogP contribution in [-0.2, 0) is 15.9 Å². The Hall–Kier alpha value is -4.53. The molecule has 0 saturated carbocycles. The van der Waals surface area contributed by atoms with Crippen molar-refractivity contribution in [3.63, 3.8) is 0 Å². The molecule has 8 nitrogen and oxygen atoms in total. The van der Waals surface area contributed by atoms with Crippen molar-refractivity contribution >= 4 is 5.97 Å². The summed E-state index contributed by atoms with van der Waals surface area (Å²) >= 11 is 0. The SMILES string of the molecule is O=C(Oc1ccc2c(c1)Cc1cc(OCOc3ccc(OCC4CO4)cc3)ccc1-2)c1ccc(OCC2CO2)cc1. The fraction of sp³-hybridized carbons (Fsp3) is 0.242. The number of carbonyl (C=O) groups is 1. The van der Waals surface area contributed by atoms with E-state index in [0.717, 1.165) is 53.4 Å². The highest BCUT2D eigenvalue weighted by Gasteiger charge is 2.24. The minimum atomic E-state index is -0.414. The summed E-state index contributed by atoms with van der Waals surface area (Å²) in [5, 5.41) is 0. The zero-order valence-corrected chi connectivity index (χ0v) is 22.2. The van der Waals surface area contributed by atoms with Gasteiger partial charge in [0.2, 0.25) is 6.79 Å². The lowest BCUT2D eigenvalue weighted by atomic mass is 10.1. The van der Waals surface area contributed by atoms with Crippen molar-refractivity contribution in [1.82, 2.24) is 0 Å². The van der Waals surface area contributed by atoms with Gasteiger partial charge in [0.05, 0.1) is 18.8 Å². The molecule has 2 unspecified atom stereocenters. The molecule has 2 aliphatic heterocycles. The van der Waals surface area contributed by atoms with Gasteiger partial charge in [-0.05, 0) is 101 Å². The third-order valence-electron chi connectivity index (χ3n) is 7.08. The van der Waals surface area contributed by atoms with E-state index in [9.17, 15) is 4.79 Å². The van der Waals surface area contributed by atoms with Crippen LogP contribution in [0, 0.1) is 0 Å². The van der Waals surface area contributed by atoms with Crippen molar-refractivity contribution < 1.29 is 38.0 Å². The van der Waals surface area contributed by atoms with Crippen molar-refractivity contribution in [1.29, 1.82) is 0 Å². The summed E-state index contributed by atoms with van der Waals surface area (Å²) in [6, 6.07) is 26.1. The highest BCUT2D eigenvalue weighted by Crippen LogP contribution is 2.40. The number of esters is 1. The summed E-state index contributed by atoms with van der Waals surface area (Å²) in [6.07, 6.45) is 1.13. The molecular weight excluding hydrogens is 524 g/mol. The van der Waals surface area contributed by atoms with Crippen LogP contribution < -0.4 is 23.7 Å². The number of ether oxygens (including phenoxy) is 7. The smallest absolute Gasteiger partial charge is 0.343 e. The van der Waals surface area contributed by atoms with Crippen LogP contribution in [0.15, 0.2) is 84.9 Å². The summed E-state index contributed by atoms with van der Waals surface area (Å²) in [4.78, 5) is 12.7. The van der Waals surface area contributed by atoms with E-state index in [2.05, 4.69) is 6.07 Å². The first-order chi connectivity index (χ1) is 20.2. The van der Waals surface area contributed by atoms with Gasteiger partial charge in [-0.2, -0.15) is 0 Å². The lowest BCUT2D eigenvalue weighted by Gasteiger charge is -2.11. The highest BCUT2D eigenvalue weighted by atomic mass is 16.7. The van der Waals surface area contributed by atoms with Crippen LogP contribution in [0.1, 0.15) is 21.5 Å². The van der Waals surface area contributed by atoms with Gasteiger partial charge in [0, 0.05) is 0 Å². The monoisotopic (exact) mass is 552 g/mol. The number of hydrogen-bond donors (Lipinski definition) is 0. The van der Waals surface area contributed by atoms with Gasteiger partial charge in [-0.1, -0.05) is 12.1 Å². The van der Waals surface area contributed by atoms with Crippen LogP contribution >= 0.6 is 0 Å². The molecule has 1 aliphatic carbocycles. The topological polar surface area (TPSA) is 88.3 Å². The quantitative estimate of drug-likeness (QED) is 0.0874. The van der Waals surface area contributed by atoms with Crippen molar-refractivity contribution in [2.24, 2.45) is 0 Å². The zero-order chi connectivity index (χ0) is 27.6. The summed E-state index contributed by atoms with van der Waals surface area (Å²) < 4.78 is 38.9. The molecular formula is C33H28O8. The minimum absolute atomic E-state index is 0.0873. The normalized spacial score (nSPS) is 17.7. The predicted molar refractivity (Wildman–Crippen MR) is 149 cm³/mol. The second-order valence-electron chi connectivity index (χ2n) is 10.1. The molecule has 2 fully saturated rings. The maximum absolute atomic E-state index is 12.7. The van der Waals surface area contributed by atoms with Gasteiger partial charge in [-0.25, -0.2) is 4.79 Å². The first kappa shape index (κ1) is 25.4. The van der Waals surface area contributed by atoms with E-state index in [1.54, 1.807) is 24.3 Å². The van der Waals surface area contributed by atoms with E-state index >= 15 is 0 Å². The van der Waals surface area contributed by atoms with Crippen LogP contribution in [0.5, 0.6) is 28.7 Å². The highest BCUT2D eigenvalue weighted by molar-refractivity contribution is 5.91. The Labute approximate surface area is 237 Å². The van der Waals surface area contributed by atoms with E-state index in [4.69, 9.17) is 33.2 Å². The van der Waals surface area contributed by atoms with Gasteiger partial charge in [0.15, 0.2) is 0 Å². The predicted octanol–water partition coefficient (Wildman–Crippen LogP) is 5.45. The number of hydrogen-bond acceptors (Lipinski definition) is 8. The van der Waals surface area contributed by atoms with E-state index in [0.29, 0.717) is 36.0 Å². The van der Waals surface area contributed by atoms with Crippen molar-refractivity contribution in [3.8, 4) is 39.9 Å². The molecule has 0 amide bonds. The lowest BCUT2D eigenvalue weighted by Crippen LogP contribution is -2.09. The fourth-order valence-electron chi connectivity index (χ4n) is 4.67. The van der Waals surface area contributed by atoms with Gasteiger partial charge >= 0.3 is 5.97 Å². The van der Waals surface area contributed by atoms with Crippen LogP contribution in [-0.4, -0.2) is 51.4 Å². The largest absolute Gasteiger partial charge is 0.491 e. The molecule has 208 valence electrons. The van der Waals surface area contributed by atoms with Crippen LogP contribution in [0.25, 0.3) is 11.1 Å². The standard InChI is InChI=1S/C33H28O8/c34-33(21-1-3-24(4-2-21)35-16-29-18-37-29)41-28-10-12-32-23(15-28)13-22-14-27(9-11-31(22)32)40-20-39-26-7-5-25(6-8-26)36-17-30-19-38-30/h1-12,14-15,29-30H,13,16-20H2. The van der Waals surface area contributed by atoms with Gasteiger partial charge in [-0.15, -0.1) is 0 Å². The first-order valence-electron chi connectivity index (χ1n) is 13.6. The van der Waals surface area contributed by atoms with Crippen molar-refractivity contribution in [2.45, 2.75) is 18.6 Å². The van der Waals surface area contributed by atoms with E-state index in [1.807, 2.05) is 54.6 Å². The number of carbonyl (C=O) groups excluding carboxylic acids is 1. The Morgan fingerprint density at radius 1 is 0.610 bits per heavy atom. The summed E-state index contributed by atoms with van der Waals surface area (Å²) in [5.74, 6) is 3.00. The zero-order valence-electron chi connectivity index (χ0n) is 22.2. The number of fused-ring (bicyclic) bond motifs is 3. The molecule has 0 N–H and O–H groups in total. The van der Waals surface area contributed by atoms with Gasteiger partial charge in [-0.3, -0.25) is 0 Å². The first-order valence-corrected chi connectivity index (χ1v) is 13.6. The van der Waals surface area contributed by atoms with Crippen LogP contribution in [0.3, 0.4) is 0 Å². The average Bonchev–Trinajstić information content (AvgIpc) is 3.93. The third kappa shape index (κ3) is 6.29. The summed E-state index contributed by atoms with van der Waals surface area (Å²) in [5.41, 5.74) is 4.97. The van der Waals surface area contributed by atoms with E-state index in [-0.39, 0.29) is 19.0 Å². The molecule has 4 aromatic rings. The number of epoxide rings is 2. The maximum Gasteiger partial charge on any atom is 0.343 e. The Kier molecular flexibility index (Phi) is 6.92. The Morgan fingerprint density at radius 3 is 1.66 bits per heavy atom. The second kappa shape index (κ2) is 11.2.